The average molecular weight is 399 g/mol. The fourth-order valence-corrected chi connectivity index (χ4v) is 4.49. The lowest BCUT2D eigenvalue weighted by atomic mass is 9.95. The topological polar surface area (TPSA) is 58.1 Å². The maximum Gasteiger partial charge on any atom is 0.224 e. The molecule has 0 spiro atoms. The normalized spacial score (nSPS) is 17.3. The summed E-state index contributed by atoms with van der Waals surface area (Å²) in [4.78, 5) is 24.2. The van der Waals surface area contributed by atoms with Crippen LogP contribution in [0, 0.1) is 6.92 Å². The highest BCUT2D eigenvalue weighted by Gasteiger charge is 2.26. The second kappa shape index (κ2) is 8.48. The summed E-state index contributed by atoms with van der Waals surface area (Å²) in [6.45, 7) is 3.82. The largest absolute Gasteiger partial charge is 0.356 e. The van der Waals surface area contributed by atoms with Gasteiger partial charge in [0.15, 0.2) is 0 Å². The fourth-order valence-electron chi connectivity index (χ4n) is 4.29. The molecule has 1 aliphatic heterocycles. The summed E-state index contributed by atoms with van der Waals surface area (Å²) in [6.07, 6.45) is 6.81. The number of carbonyl (C=O) groups excluding carboxylic acids is 1. The van der Waals surface area contributed by atoms with Crippen molar-refractivity contribution in [2.24, 2.45) is 0 Å². The first-order chi connectivity index (χ1) is 13.6. The molecule has 0 saturated carbocycles. The van der Waals surface area contributed by atoms with Crippen molar-refractivity contribution in [3.63, 3.8) is 0 Å². The molecule has 1 aliphatic carbocycles. The van der Waals surface area contributed by atoms with Crippen LogP contribution in [-0.4, -0.2) is 35.0 Å². The average Bonchev–Trinajstić information content (AvgIpc) is 2.70. The Morgan fingerprint density at radius 2 is 1.93 bits per heavy atom. The van der Waals surface area contributed by atoms with Gasteiger partial charge in [0.2, 0.25) is 5.91 Å². The molecule has 1 saturated heterocycles. The zero-order chi connectivity index (χ0) is 19.5. The first kappa shape index (κ1) is 19.2. The molecular formula is C22H27ClN4O. The van der Waals surface area contributed by atoms with Gasteiger partial charge in [0, 0.05) is 35.4 Å². The summed E-state index contributed by atoms with van der Waals surface area (Å²) in [7, 11) is 0. The summed E-state index contributed by atoms with van der Waals surface area (Å²) in [6, 6.07) is 7.74. The number of anilines is 1. The van der Waals surface area contributed by atoms with Crippen molar-refractivity contribution >= 4 is 23.3 Å². The molecule has 1 aromatic heterocycles. The van der Waals surface area contributed by atoms with E-state index in [1.54, 1.807) is 0 Å². The zero-order valence-electron chi connectivity index (χ0n) is 16.4. The van der Waals surface area contributed by atoms with Gasteiger partial charge in [-0.2, -0.15) is 0 Å². The van der Waals surface area contributed by atoms with Gasteiger partial charge >= 0.3 is 0 Å². The first-order valence-electron chi connectivity index (χ1n) is 10.2. The van der Waals surface area contributed by atoms with Crippen LogP contribution in [0.5, 0.6) is 0 Å². The highest BCUT2D eigenvalue weighted by molar-refractivity contribution is 6.31. The molecule has 0 unspecified atom stereocenters. The van der Waals surface area contributed by atoms with E-state index in [4.69, 9.17) is 16.6 Å². The lowest BCUT2D eigenvalue weighted by Gasteiger charge is -2.35. The van der Waals surface area contributed by atoms with Crippen LogP contribution in [0.25, 0.3) is 0 Å². The van der Waals surface area contributed by atoms with Gasteiger partial charge in [-0.3, -0.25) is 4.79 Å². The zero-order valence-corrected chi connectivity index (χ0v) is 17.1. The van der Waals surface area contributed by atoms with Crippen LogP contribution in [0.3, 0.4) is 0 Å². The Morgan fingerprint density at radius 1 is 1.18 bits per heavy atom. The molecule has 1 aromatic carbocycles. The molecule has 1 N–H and O–H groups in total. The van der Waals surface area contributed by atoms with Gasteiger partial charge in [0.1, 0.15) is 11.6 Å². The van der Waals surface area contributed by atoms with E-state index in [2.05, 4.69) is 15.2 Å². The monoisotopic (exact) mass is 398 g/mol. The van der Waals surface area contributed by atoms with E-state index in [0.717, 1.165) is 56.0 Å². The molecule has 6 heteroatoms. The van der Waals surface area contributed by atoms with E-state index in [-0.39, 0.29) is 11.9 Å². The van der Waals surface area contributed by atoms with E-state index < -0.39 is 0 Å². The van der Waals surface area contributed by atoms with Crippen LogP contribution in [0.2, 0.25) is 5.02 Å². The Balaban J connectivity index is 1.36. The Bertz CT molecular complexity index is 862. The molecule has 4 rings (SSSR count). The summed E-state index contributed by atoms with van der Waals surface area (Å²) in [5.74, 6) is 2.04. The van der Waals surface area contributed by atoms with Gasteiger partial charge in [0.25, 0.3) is 0 Å². The lowest BCUT2D eigenvalue weighted by molar-refractivity contribution is -0.121. The van der Waals surface area contributed by atoms with Crippen molar-refractivity contribution < 1.29 is 4.79 Å². The van der Waals surface area contributed by atoms with Crippen molar-refractivity contribution in [3.8, 4) is 0 Å². The van der Waals surface area contributed by atoms with Gasteiger partial charge in [-0.25, -0.2) is 9.97 Å². The smallest absolute Gasteiger partial charge is 0.224 e. The minimum Gasteiger partial charge on any atom is -0.356 e. The van der Waals surface area contributed by atoms with Crippen LogP contribution in [-0.2, 0) is 24.1 Å². The number of amides is 1. The lowest BCUT2D eigenvalue weighted by Crippen LogP contribution is -2.45. The summed E-state index contributed by atoms with van der Waals surface area (Å²) in [5, 5.41) is 3.83. The van der Waals surface area contributed by atoms with Crippen molar-refractivity contribution in [2.45, 2.75) is 57.9 Å². The third-order valence-corrected chi connectivity index (χ3v) is 6.11. The summed E-state index contributed by atoms with van der Waals surface area (Å²) < 4.78 is 0. The van der Waals surface area contributed by atoms with Crippen LogP contribution < -0.4 is 10.2 Å². The predicted molar refractivity (Wildman–Crippen MR) is 112 cm³/mol. The van der Waals surface area contributed by atoms with Crippen molar-refractivity contribution in [3.05, 3.63) is 51.9 Å². The molecule has 0 bridgehead atoms. The Hall–Kier alpha value is -2.14. The highest BCUT2D eigenvalue weighted by atomic mass is 35.5. The van der Waals surface area contributed by atoms with Crippen LogP contribution in [0.1, 0.15) is 48.3 Å². The molecule has 148 valence electrons. The van der Waals surface area contributed by atoms with Gasteiger partial charge in [0.05, 0.1) is 6.42 Å². The molecule has 0 atom stereocenters. The number of benzene rings is 1. The molecule has 5 nitrogen and oxygen atoms in total. The van der Waals surface area contributed by atoms with Gasteiger partial charge in [-0.1, -0.05) is 29.8 Å². The number of carbonyl (C=O) groups is 1. The highest BCUT2D eigenvalue weighted by Crippen LogP contribution is 2.29. The number of aryl methyl sites for hydroxylation is 2. The van der Waals surface area contributed by atoms with Gasteiger partial charge < -0.3 is 10.2 Å². The molecule has 1 amide bonds. The van der Waals surface area contributed by atoms with Crippen molar-refractivity contribution in [1.82, 2.24) is 15.3 Å². The quantitative estimate of drug-likeness (QED) is 0.854. The van der Waals surface area contributed by atoms with E-state index in [1.807, 2.05) is 31.2 Å². The molecule has 0 radical (unpaired) electrons. The maximum atomic E-state index is 12.4. The number of nitrogens with zero attached hydrogens (tertiary/aromatic N) is 3. The Labute approximate surface area is 171 Å². The van der Waals surface area contributed by atoms with E-state index in [0.29, 0.717) is 11.4 Å². The number of piperidine rings is 1. The Kier molecular flexibility index (Phi) is 5.81. The second-order valence-corrected chi connectivity index (χ2v) is 8.23. The molecule has 2 aliphatic rings. The minimum absolute atomic E-state index is 0.0433. The predicted octanol–water partition coefficient (Wildman–Crippen LogP) is 3.64. The number of fused-ring (bicyclic) bond motifs is 1. The van der Waals surface area contributed by atoms with Crippen LogP contribution in [0.15, 0.2) is 24.3 Å². The molecule has 2 aromatic rings. The van der Waals surface area contributed by atoms with Crippen molar-refractivity contribution in [1.29, 1.82) is 0 Å². The minimum atomic E-state index is 0.0433. The number of hydrogen-bond donors (Lipinski definition) is 1. The van der Waals surface area contributed by atoms with Gasteiger partial charge in [-0.05, 0) is 57.1 Å². The third-order valence-electron chi connectivity index (χ3n) is 5.74. The third kappa shape index (κ3) is 4.30. The number of rotatable bonds is 4. The second-order valence-electron chi connectivity index (χ2n) is 7.82. The van der Waals surface area contributed by atoms with Crippen LogP contribution >= 0.6 is 11.6 Å². The first-order valence-corrected chi connectivity index (χ1v) is 10.6. The molecular weight excluding hydrogens is 372 g/mol. The Morgan fingerprint density at radius 3 is 2.71 bits per heavy atom. The number of nitrogens with one attached hydrogen (secondary N) is 1. The number of hydrogen-bond acceptors (Lipinski definition) is 4. The summed E-state index contributed by atoms with van der Waals surface area (Å²) in [5.41, 5.74) is 3.46. The van der Waals surface area contributed by atoms with Crippen LogP contribution in [0.4, 0.5) is 5.82 Å². The molecule has 1 fully saturated rings. The summed E-state index contributed by atoms with van der Waals surface area (Å²) >= 11 is 6.17. The van der Waals surface area contributed by atoms with Gasteiger partial charge in [-0.15, -0.1) is 0 Å². The fraction of sp³-hybridized carbons (Fsp3) is 0.500. The maximum absolute atomic E-state index is 12.4. The molecule has 2 heterocycles. The van der Waals surface area contributed by atoms with E-state index >= 15 is 0 Å². The number of halogens is 1. The van der Waals surface area contributed by atoms with E-state index in [9.17, 15) is 4.79 Å². The SMILES string of the molecule is Cc1nc2c(c(N3CCC(NC(=O)Cc4ccccc4Cl)CC3)n1)CCCC2. The molecule has 28 heavy (non-hydrogen) atoms. The standard InChI is InChI=1S/C22H27ClN4O/c1-15-24-20-9-5-3-7-18(20)22(25-15)27-12-10-17(11-13-27)26-21(28)14-16-6-2-4-8-19(16)23/h2,4,6,8,17H,3,5,7,9-14H2,1H3,(H,26,28). The van der Waals surface area contributed by atoms with E-state index in [1.165, 1.54) is 24.1 Å². The van der Waals surface area contributed by atoms with Crippen molar-refractivity contribution in [2.75, 3.05) is 18.0 Å². The number of aromatic nitrogens is 2.